The van der Waals surface area contributed by atoms with E-state index in [9.17, 15) is 4.79 Å². The van der Waals surface area contributed by atoms with E-state index in [0.717, 1.165) is 18.8 Å². The Morgan fingerprint density at radius 2 is 2.47 bits per heavy atom. The van der Waals surface area contributed by atoms with Crippen molar-refractivity contribution < 1.29 is 19.1 Å². The molecule has 1 aromatic heterocycles. The molecule has 1 fully saturated rings. The van der Waals surface area contributed by atoms with E-state index in [1.165, 1.54) is 0 Å². The van der Waals surface area contributed by atoms with Gasteiger partial charge in [0.2, 0.25) is 0 Å². The van der Waals surface area contributed by atoms with Gasteiger partial charge in [-0.25, -0.2) is 0 Å². The Morgan fingerprint density at radius 1 is 1.59 bits per heavy atom. The first-order valence-electron chi connectivity index (χ1n) is 5.81. The second-order valence-corrected chi connectivity index (χ2v) is 4.21. The molecule has 2 rings (SSSR count). The number of carbonyl (C=O) groups is 1. The molecule has 1 aromatic rings. The minimum atomic E-state index is -0.756. The fourth-order valence-electron chi connectivity index (χ4n) is 2.06. The minimum absolute atomic E-state index is 0.171. The molecule has 0 radical (unpaired) electrons. The Bertz CT molecular complexity index is 349. The number of carboxylic acid groups (broad SMARTS) is 1. The summed E-state index contributed by atoms with van der Waals surface area (Å²) >= 11 is 0. The van der Waals surface area contributed by atoms with Crippen LogP contribution in [0.25, 0.3) is 0 Å². The van der Waals surface area contributed by atoms with Crippen molar-refractivity contribution in [2.45, 2.75) is 25.4 Å². The van der Waals surface area contributed by atoms with Crippen LogP contribution in [0.15, 0.2) is 22.8 Å². The van der Waals surface area contributed by atoms with Gasteiger partial charge >= 0.3 is 5.97 Å². The van der Waals surface area contributed by atoms with E-state index in [2.05, 4.69) is 4.90 Å². The molecule has 0 aliphatic carbocycles. The first kappa shape index (κ1) is 12.1. The lowest BCUT2D eigenvalue weighted by atomic mass is 10.1. The van der Waals surface area contributed by atoms with Crippen LogP contribution in [0.1, 0.15) is 18.6 Å². The van der Waals surface area contributed by atoms with Crippen LogP contribution in [0, 0.1) is 0 Å². The van der Waals surface area contributed by atoms with Gasteiger partial charge in [0.15, 0.2) is 0 Å². The van der Waals surface area contributed by atoms with Crippen LogP contribution >= 0.6 is 0 Å². The van der Waals surface area contributed by atoms with Gasteiger partial charge in [0.05, 0.1) is 26.0 Å². The molecule has 5 nitrogen and oxygen atoms in total. The van der Waals surface area contributed by atoms with E-state index in [1.54, 1.807) is 6.26 Å². The summed E-state index contributed by atoms with van der Waals surface area (Å²) in [5.74, 6) is 0.153. The minimum Gasteiger partial charge on any atom is -0.481 e. The summed E-state index contributed by atoms with van der Waals surface area (Å²) in [6, 6.07) is 3.97. The maximum Gasteiger partial charge on any atom is 0.303 e. The third-order valence-corrected chi connectivity index (χ3v) is 2.98. The van der Waals surface area contributed by atoms with Gasteiger partial charge in [-0.3, -0.25) is 9.69 Å². The maximum atomic E-state index is 10.6. The summed E-state index contributed by atoms with van der Waals surface area (Å²) in [4.78, 5) is 12.8. The Hall–Kier alpha value is -1.33. The summed E-state index contributed by atoms with van der Waals surface area (Å²) in [7, 11) is 0. The van der Waals surface area contributed by atoms with Crippen LogP contribution in [0.5, 0.6) is 0 Å². The molecule has 2 heterocycles. The van der Waals surface area contributed by atoms with Crippen LogP contribution < -0.4 is 0 Å². The highest BCUT2D eigenvalue weighted by molar-refractivity contribution is 5.66. The lowest BCUT2D eigenvalue weighted by molar-refractivity contribution is -0.137. The van der Waals surface area contributed by atoms with Crippen LogP contribution in [0.2, 0.25) is 0 Å². The molecule has 1 N–H and O–H groups in total. The second kappa shape index (κ2) is 5.84. The van der Waals surface area contributed by atoms with Crippen LogP contribution in [-0.4, -0.2) is 41.8 Å². The van der Waals surface area contributed by atoms with Crippen molar-refractivity contribution in [3.63, 3.8) is 0 Å². The normalized spacial score (nSPS) is 21.5. The predicted octanol–water partition coefficient (Wildman–Crippen LogP) is 1.35. The largest absolute Gasteiger partial charge is 0.481 e. The first-order chi connectivity index (χ1) is 8.25. The molecule has 17 heavy (non-hydrogen) atoms. The molecule has 1 aliphatic heterocycles. The number of carboxylic acids is 1. The number of morpholine rings is 1. The molecule has 1 saturated heterocycles. The van der Waals surface area contributed by atoms with E-state index in [0.29, 0.717) is 19.6 Å². The van der Waals surface area contributed by atoms with Gasteiger partial charge in [0.1, 0.15) is 5.76 Å². The highest BCUT2D eigenvalue weighted by Crippen LogP contribution is 2.16. The van der Waals surface area contributed by atoms with E-state index >= 15 is 0 Å². The molecule has 0 aromatic carbocycles. The SMILES string of the molecule is O=C(O)CCC1COCCN1Cc1ccco1. The molecule has 94 valence electrons. The van der Waals surface area contributed by atoms with Gasteiger partial charge in [-0.2, -0.15) is 0 Å². The van der Waals surface area contributed by atoms with Crippen molar-refractivity contribution in [2.24, 2.45) is 0 Å². The summed E-state index contributed by atoms with van der Waals surface area (Å²) in [6.45, 7) is 2.85. The van der Waals surface area contributed by atoms with Crippen molar-refractivity contribution in [1.82, 2.24) is 4.90 Å². The van der Waals surface area contributed by atoms with Crippen molar-refractivity contribution in [1.29, 1.82) is 0 Å². The summed E-state index contributed by atoms with van der Waals surface area (Å²) < 4.78 is 10.7. The number of rotatable bonds is 5. The standard InChI is InChI=1S/C12H17NO4/c14-12(15)4-3-10-9-16-7-5-13(10)8-11-2-1-6-17-11/h1-2,6,10H,3-5,7-9H2,(H,14,15). The molecule has 1 aliphatic rings. The highest BCUT2D eigenvalue weighted by Gasteiger charge is 2.24. The van der Waals surface area contributed by atoms with Crippen LogP contribution in [-0.2, 0) is 16.1 Å². The number of nitrogens with zero attached hydrogens (tertiary/aromatic N) is 1. The third kappa shape index (κ3) is 3.57. The van der Waals surface area contributed by atoms with Crippen molar-refractivity contribution >= 4 is 5.97 Å². The number of hydrogen-bond donors (Lipinski definition) is 1. The zero-order valence-corrected chi connectivity index (χ0v) is 9.67. The van der Waals surface area contributed by atoms with E-state index in [-0.39, 0.29) is 12.5 Å². The van der Waals surface area contributed by atoms with Gasteiger partial charge < -0.3 is 14.3 Å². The number of ether oxygens (including phenoxy) is 1. The van der Waals surface area contributed by atoms with Crippen molar-refractivity contribution in [3.8, 4) is 0 Å². The van der Waals surface area contributed by atoms with E-state index < -0.39 is 5.97 Å². The van der Waals surface area contributed by atoms with E-state index in [4.69, 9.17) is 14.3 Å². The zero-order chi connectivity index (χ0) is 12.1. The average Bonchev–Trinajstić information content (AvgIpc) is 2.80. The molecule has 1 atom stereocenters. The van der Waals surface area contributed by atoms with Gasteiger partial charge in [-0.05, 0) is 18.6 Å². The lowest BCUT2D eigenvalue weighted by Crippen LogP contribution is -2.44. The van der Waals surface area contributed by atoms with Crippen molar-refractivity contribution in [3.05, 3.63) is 24.2 Å². The van der Waals surface area contributed by atoms with Gasteiger partial charge in [0, 0.05) is 19.0 Å². The molecule has 0 spiro atoms. The number of furan rings is 1. The quantitative estimate of drug-likeness (QED) is 0.840. The number of aliphatic carboxylic acids is 1. The van der Waals surface area contributed by atoms with Gasteiger partial charge in [-0.15, -0.1) is 0 Å². The predicted molar refractivity (Wildman–Crippen MR) is 60.6 cm³/mol. The van der Waals surface area contributed by atoms with Crippen LogP contribution in [0.3, 0.4) is 0 Å². The highest BCUT2D eigenvalue weighted by atomic mass is 16.5. The Labute approximate surface area is 100.0 Å². The fraction of sp³-hybridized carbons (Fsp3) is 0.583. The van der Waals surface area contributed by atoms with Gasteiger partial charge in [-0.1, -0.05) is 0 Å². The first-order valence-corrected chi connectivity index (χ1v) is 5.81. The Kier molecular flexibility index (Phi) is 4.17. The second-order valence-electron chi connectivity index (χ2n) is 4.21. The maximum absolute atomic E-state index is 10.6. The molecular weight excluding hydrogens is 222 g/mol. The molecule has 0 saturated carbocycles. The van der Waals surface area contributed by atoms with Crippen LogP contribution in [0.4, 0.5) is 0 Å². The van der Waals surface area contributed by atoms with Gasteiger partial charge in [0.25, 0.3) is 0 Å². The fourth-order valence-corrected chi connectivity index (χ4v) is 2.06. The third-order valence-electron chi connectivity index (χ3n) is 2.98. The van der Waals surface area contributed by atoms with Crippen molar-refractivity contribution in [2.75, 3.05) is 19.8 Å². The molecule has 1 unspecified atom stereocenters. The smallest absolute Gasteiger partial charge is 0.303 e. The lowest BCUT2D eigenvalue weighted by Gasteiger charge is -2.34. The number of hydrogen-bond acceptors (Lipinski definition) is 4. The average molecular weight is 239 g/mol. The summed E-state index contributed by atoms with van der Waals surface area (Å²) in [5.41, 5.74) is 0. The monoisotopic (exact) mass is 239 g/mol. The molecule has 0 amide bonds. The van der Waals surface area contributed by atoms with E-state index in [1.807, 2.05) is 12.1 Å². The summed E-state index contributed by atoms with van der Waals surface area (Å²) in [5, 5.41) is 8.71. The Balaban J connectivity index is 1.89. The topological polar surface area (TPSA) is 62.9 Å². The Morgan fingerprint density at radius 3 is 3.18 bits per heavy atom. The molecule has 5 heteroatoms. The molecule has 0 bridgehead atoms. The summed E-state index contributed by atoms with van der Waals surface area (Å²) in [6.07, 6.45) is 2.46. The zero-order valence-electron chi connectivity index (χ0n) is 9.67. The molecular formula is C12H17NO4.